The number of carboxylic acids is 1. The maximum absolute atomic E-state index is 12.8. The number of carbonyl (C=O) groups is 4. The maximum Gasteiger partial charge on any atom is 0.326 e. The van der Waals surface area contributed by atoms with E-state index in [9.17, 15) is 29.4 Å². The van der Waals surface area contributed by atoms with Crippen molar-refractivity contribution in [2.45, 2.75) is 85.0 Å². The van der Waals surface area contributed by atoms with Crippen LogP contribution in [0.2, 0.25) is 0 Å². The predicted molar refractivity (Wildman–Crippen MR) is 117 cm³/mol. The lowest BCUT2D eigenvalue weighted by Gasteiger charge is -2.28. The lowest BCUT2D eigenvalue weighted by atomic mass is 9.95. The van der Waals surface area contributed by atoms with Crippen molar-refractivity contribution >= 4 is 23.7 Å². The molecule has 0 bridgehead atoms. The first kappa shape index (κ1) is 28.8. The fourth-order valence-electron chi connectivity index (χ4n) is 2.97. The van der Waals surface area contributed by atoms with Crippen LogP contribution in [0.15, 0.2) is 0 Å². The lowest BCUT2D eigenvalue weighted by Crippen LogP contribution is -2.60. The summed E-state index contributed by atoms with van der Waals surface area (Å²) in [5.74, 6) is -3.55. The van der Waals surface area contributed by atoms with Gasteiger partial charge in [0.15, 0.2) is 0 Å². The highest BCUT2D eigenvalue weighted by Gasteiger charge is 2.33. The van der Waals surface area contributed by atoms with Crippen molar-refractivity contribution in [1.29, 1.82) is 0 Å². The SMILES string of the molecule is CCC(C)C(NC(=O)C(NC(=O)C(CO)NC(=O)C(N)CC(C)C)C(C)CC)C(=O)O. The Labute approximate surface area is 184 Å². The molecule has 0 aliphatic carbocycles. The van der Waals surface area contributed by atoms with Gasteiger partial charge >= 0.3 is 5.97 Å². The number of nitrogens with one attached hydrogen (secondary N) is 3. The first-order chi connectivity index (χ1) is 14.4. The summed E-state index contributed by atoms with van der Waals surface area (Å²) in [5.41, 5.74) is 5.82. The van der Waals surface area contributed by atoms with Crippen LogP contribution in [0.4, 0.5) is 0 Å². The van der Waals surface area contributed by atoms with Crippen molar-refractivity contribution in [2.75, 3.05) is 6.61 Å². The number of carboxylic acid groups (broad SMARTS) is 1. The minimum Gasteiger partial charge on any atom is -0.480 e. The average Bonchev–Trinajstić information content (AvgIpc) is 2.71. The number of aliphatic carboxylic acids is 1. The van der Waals surface area contributed by atoms with Gasteiger partial charge in [0.1, 0.15) is 18.1 Å². The van der Waals surface area contributed by atoms with Crippen LogP contribution in [0.25, 0.3) is 0 Å². The zero-order valence-corrected chi connectivity index (χ0v) is 19.5. The van der Waals surface area contributed by atoms with Crippen LogP contribution in [-0.4, -0.2) is 64.7 Å². The largest absolute Gasteiger partial charge is 0.480 e. The molecule has 0 aromatic heterocycles. The molecule has 0 heterocycles. The van der Waals surface area contributed by atoms with E-state index in [1.165, 1.54) is 0 Å². The zero-order chi connectivity index (χ0) is 24.3. The van der Waals surface area contributed by atoms with Gasteiger partial charge in [-0.3, -0.25) is 14.4 Å². The molecule has 0 fully saturated rings. The second-order valence-corrected chi connectivity index (χ2v) is 8.56. The van der Waals surface area contributed by atoms with Crippen LogP contribution in [0, 0.1) is 17.8 Å². The minimum absolute atomic E-state index is 0.174. The van der Waals surface area contributed by atoms with Crippen LogP contribution in [-0.2, 0) is 19.2 Å². The molecule has 10 heteroatoms. The molecule has 0 spiro atoms. The highest BCUT2D eigenvalue weighted by Crippen LogP contribution is 2.12. The highest BCUT2D eigenvalue weighted by atomic mass is 16.4. The van der Waals surface area contributed by atoms with Gasteiger partial charge in [-0.1, -0.05) is 54.4 Å². The molecule has 0 rings (SSSR count). The van der Waals surface area contributed by atoms with Crippen molar-refractivity contribution in [1.82, 2.24) is 16.0 Å². The fraction of sp³-hybridized carbons (Fsp3) is 0.810. The summed E-state index contributed by atoms with van der Waals surface area (Å²) in [6.45, 7) is 10.2. The molecule has 6 unspecified atom stereocenters. The summed E-state index contributed by atoms with van der Waals surface area (Å²) < 4.78 is 0. The first-order valence-corrected chi connectivity index (χ1v) is 10.9. The third-order valence-electron chi connectivity index (χ3n) is 5.45. The third-order valence-corrected chi connectivity index (χ3v) is 5.45. The topological polar surface area (TPSA) is 171 Å². The Morgan fingerprint density at radius 2 is 1.29 bits per heavy atom. The summed E-state index contributed by atoms with van der Waals surface area (Å²) in [5, 5.41) is 26.5. The molecule has 7 N–H and O–H groups in total. The van der Waals surface area contributed by atoms with Crippen molar-refractivity contribution in [3.8, 4) is 0 Å². The Kier molecular flexibility index (Phi) is 13.0. The van der Waals surface area contributed by atoms with Crippen LogP contribution < -0.4 is 21.7 Å². The molecular formula is C21H40N4O6. The van der Waals surface area contributed by atoms with Gasteiger partial charge in [0.05, 0.1) is 12.6 Å². The quantitative estimate of drug-likeness (QED) is 0.219. The molecular weight excluding hydrogens is 404 g/mol. The molecule has 0 saturated heterocycles. The van der Waals surface area contributed by atoms with Crippen molar-refractivity contribution in [3.05, 3.63) is 0 Å². The van der Waals surface area contributed by atoms with Gasteiger partial charge in [-0.15, -0.1) is 0 Å². The van der Waals surface area contributed by atoms with E-state index in [4.69, 9.17) is 5.73 Å². The van der Waals surface area contributed by atoms with Gasteiger partial charge < -0.3 is 31.9 Å². The average molecular weight is 445 g/mol. The Hall–Kier alpha value is -2.20. The number of aliphatic hydroxyl groups excluding tert-OH is 1. The van der Waals surface area contributed by atoms with E-state index in [0.717, 1.165) is 0 Å². The van der Waals surface area contributed by atoms with E-state index in [1.54, 1.807) is 13.8 Å². The van der Waals surface area contributed by atoms with Gasteiger partial charge in [0.25, 0.3) is 0 Å². The second-order valence-electron chi connectivity index (χ2n) is 8.56. The fourth-order valence-corrected chi connectivity index (χ4v) is 2.97. The molecule has 6 atom stereocenters. The number of hydrogen-bond acceptors (Lipinski definition) is 6. The summed E-state index contributed by atoms with van der Waals surface area (Å²) in [6.07, 6.45) is 1.50. The summed E-state index contributed by atoms with van der Waals surface area (Å²) >= 11 is 0. The Morgan fingerprint density at radius 3 is 1.71 bits per heavy atom. The Bertz CT molecular complexity index is 613. The number of rotatable bonds is 14. The zero-order valence-electron chi connectivity index (χ0n) is 19.5. The molecule has 0 aromatic carbocycles. The molecule has 0 radical (unpaired) electrons. The summed E-state index contributed by atoms with van der Waals surface area (Å²) in [4.78, 5) is 49.3. The molecule has 0 saturated carbocycles. The van der Waals surface area contributed by atoms with E-state index in [0.29, 0.717) is 19.3 Å². The second kappa shape index (κ2) is 14.0. The van der Waals surface area contributed by atoms with E-state index >= 15 is 0 Å². The number of hydrogen-bond donors (Lipinski definition) is 6. The van der Waals surface area contributed by atoms with Gasteiger partial charge in [-0.25, -0.2) is 4.79 Å². The van der Waals surface area contributed by atoms with E-state index in [1.807, 2.05) is 27.7 Å². The highest BCUT2D eigenvalue weighted by molar-refractivity contribution is 5.94. The van der Waals surface area contributed by atoms with Crippen molar-refractivity contribution < 1.29 is 29.4 Å². The van der Waals surface area contributed by atoms with Crippen molar-refractivity contribution in [2.24, 2.45) is 23.5 Å². The number of nitrogens with two attached hydrogens (primary N) is 1. The van der Waals surface area contributed by atoms with Crippen LogP contribution in [0.1, 0.15) is 60.8 Å². The van der Waals surface area contributed by atoms with E-state index < -0.39 is 54.5 Å². The summed E-state index contributed by atoms with van der Waals surface area (Å²) in [7, 11) is 0. The molecule has 180 valence electrons. The van der Waals surface area contributed by atoms with Gasteiger partial charge in [0.2, 0.25) is 17.7 Å². The molecule has 0 aliphatic rings. The molecule has 10 nitrogen and oxygen atoms in total. The summed E-state index contributed by atoms with van der Waals surface area (Å²) in [6, 6.07) is -4.24. The third kappa shape index (κ3) is 9.65. The van der Waals surface area contributed by atoms with Gasteiger partial charge in [-0.2, -0.15) is 0 Å². The number of carbonyl (C=O) groups excluding carboxylic acids is 3. The number of aliphatic hydroxyl groups is 1. The van der Waals surface area contributed by atoms with Crippen LogP contribution in [0.3, 0.4) is 0 Å². The number of amides is 3. The monoisotopic (exact) mass is 444 g/mol. The van der Waals surface area contributed by atoms with Crippen molar-refractivity contribution in [3.63, 3.8) is 0 Å². The smallest absolute Gasteiger partial charge is 0.326 e. The maximum atomic E-state index is 12.8. The Morgan fingerprint density at radius 1 is 0.806 bits per heavy atom. The standard InChI is InChI=1S/C21H40N4O6/c1-7-12(5)16(20(29)25-17(21(30)31)13(6)8-2)24-19(28)15(10-26)23-18(27)14(22)9-11(3)4/h11-17,26H,7-10,22H2,1-6H3,(H,23,27)(H,24,28)(H,25,29)(H,30,31). The van der Waals surface area contributed by atoms with Crippen LogP contribution in [0.5, 0.6) is 0 Å². The first-order valence-electron chi connectivity index (χ1n) is 10.9. The van der Waals surface area contributed by atoms with Gasteiger partial charge in [0, 0.05) is 0 Å². The van der Waals surface area contributed by atoms with Crippen LogP contribution >= 0.6 is 0 Å². The molecule has 0 aromatic rings. The predicted octanol–water partition coefficient (Wildman–Crippen LogP) is -0.0167. The van der Waals surface area contributed by atoms with E-state index in [2.05, 4.69) is 16.0 Å². The molecule has 3 amide bonds. The van der Waals surface area contributed by atoms with Gasteiger partial charge in [-0.05, 0) is 24.2 Å². The normalized spacial score (nSPS) is 17.1. The van der Waals surface area contributed by atoms with E-state index in [-0.39, 0.29) is 17.8 Å². The molecule has 0 aliphatic heterocycles. The minimum atomic E-state index is -1.28. The Balaban J connectivity index is 5.35. The lowest BCUT2D eigenvalue weighted by molar-refractivity contribution is -0.144. The molecule has 31 heavy (non-hydrogen) atoms.